The SMILES string of the molecule is C.C.C1CO1.C=C.CC(=O)O.CC(=O)OO. The van der Waals surface area contributed by atoms with E-state index >= 15 is 0 Å². The Hall–Kier alpha value is -1.40. The molecule has 0 aliphatic carbocycles. The van der Waals surface area contributed by atoms with Crippen LogP contribution in [0.25, 0.3) is 0 Å². The molecule has 100 valence electrons. The molecule has 0 spiro atoms. The maximum Gasteiger partial charge on any atom is 0.339 e. The van der Waals surface area contributed by atoms with Crippen LogP contribution in [0.15, 0.2) is 13.2 Å². The van der Waals surface area contributed by atoms with Gasteiger partial charge in [0.25, 0.3) is 5.97 Å². The Morgan fingerprint density at radius 3 is 1.31 bits per heavy atom. The minimum Gasteiger partial charge on any atom is -0.481 e. The molecule has 1 aliphatic rings. The van der Waals surface area contributed by atoms with Crippen molar-refractivity contribution in [3.63, 3.8) is 0 Å². The van der Waals surface area contributed by atoms with Crippen LogP contribution in [0.4, 0.5) is 0 Å². The number of epoxide rings is 1. The lowest BCUT2D eigenvalue weighted by molar-refractivity contribution is -0.231. The standard InChI is InChI=1S/C2H4O3.C2H4O2.C2H4O.C2H4.2CH4/c1-2(3)5-4;1-2(3)4;1-2-3-1;1-2;;/h4H,1H3;1H3,(H,3,4);1-2H2;1-2H2;2*1H4. The minimum absolute atomic E-state index is 0. The molecule has 0 aromatic rings. The van der Waals surface area contributed by atoms with Crippen LogP contribution in [-0.2, 0) is 19.2 Å². The lowest BCUT2D eigenvalue weighted by Gasteiger charge is -1.76. The summed E-state index contributed by atoms with van der Waals surface area (Å²) in [5.41, 5.74) is 0. The second-order valence-corrected chi connectivity index (χ2v) is 1.71. The quantitative estimate of drug-likeness (QED) is 0.291. The third-order valence-electron chi connectivity index (χ3n) is 0.333. The summed E-state index contributed by atoms with van der Waals surface area (Å²) in [7, 11) is 0. The summed E-state index contributed by atoms with van der Waals surface area (Å²) in [6.45, 7) is 10.2. The number of rotatable bonds is 0. The van der Waals surface area contributed by atoms with E-state index in [0.29, 0.717) is 0 Å². The van der Waals surface area contributed by atoms with Crippen molar-refractivity contribution in [3.05, 3.63) is 13.2 Å². The molecule has 6 nitrogen and oxygen atoms in total. The van der Waals surface area contributed by atoms with Crippen molar-refractivity contribution < 1.29 is 29.6 Å². The highest BCUT2D eigenvalue weighted by Gasteiger charge is 1.94. The lowest BCUT2D eigenvalue weighted by atomic mass is 10.9. The molecular formula is C10H24O6. The van der Waals surface area contributed by atoms with Crippen LogP contribution in [0.1, 0.15) is 28.7 Å². The molecule has 0 bridgehead atoms. The molecule has 0 unspecified atom stereocenters. The van der Waals surface area contributed by atoms with Gasteiger partial charge in [0, 0.05) is 13.8 Å². The molecule has 2 N–H and O–H groups in total. The molecule has 0 atom stereocenters. The van der Waals surface area contributed by atoms with Crippen LogP contribution in [0.5, 0.6) is 0 Å². The van der Waals surface area contributed by atoms with Crippen molar-refractivity contribution >= 4 is 11.9 Å². The molecule has 1 aliphatic heterocycles. The summed E-state index contributed by atoms with van der Waals surface area (Å²) in [5, 5.41) is 14.7. The van der Waals surface area contributed by atoms with Gasteiger partial charge < -0.3 is 14.7 Å². The predicted molar refractivity (Wildman–Crippen MR) is 63.2 cm³/mol. The van der Waals surface area contributed by atoms with Gasteiger partial charge in [0.15, 0.2) is 0 Å². The van der Waals surface area contributed by atoms with Gasteiger partial charge in [-0.15, -0.1) is 13.2 Å². The van der Waals surface area contributed by atoms with E-state index in [1.807, 2.05) is 0 Å². The zero-order valence-corrected chi connectivity index (χ0v) is 8.36. The van der Waals surface area contributed by atoms with Crippen LogP contribution in [0.3, 0.4) is 0 Å². The van der Waals surface area contributed by atoms with E-state index in [4.69, 9.17) is 15.2 Å². The summed E-state index contributed by atoms with van der Waals surface area (Å²) in [6.07, 6.45) is 0. The fourth-order valence-electron chi connectivity index (χ4n) is 0. The highest BCUT2D eigenvalue weighted by molar-refractivity contribution is 5.64. The smallest absolute Gasteiger partial charge is 0.339 e. The van der Waals surface area contributed by atoms with Gasteiger partial charge in [0.05, 0.1) is 13.2 Å². The Morgan fingerprint density at radius 2 is 1.31 bits per heavy atom. The lowest BCUT2D eigenvalue weighted by Crippen LogP contribution is -1.89. The highest BCUT2D eigenvalue weighted by atomic mass is 17.1. The summed E-state index contributed by atoms with van der Waals surface area (Å²) >= 11 is 0. The Kier molecular flexibility index (Phi) is 53.5. The molecule has 1 saturated heterocycles. The van der Waals surface area contributed by atoms with Crippen LogP contribution in [-0.4, -0.2) is 35.5 Å². The van der Waals surface area contributed by atoms with E-state index in [0.717, 1.165) is 27.1 Å². The maximum absolute atomic E-state index is 9.34. The fourth-order valence-corrected chi connectivity index (χ4v) is 0. The number of carbonyl (C=O) groups excluding carboxylic acids is 1. The van der Waals surface area contributed by atoms with Crippen LogP contribution in [0.2, 0.25) is 0 Å². The van der Waals surface area contributed by atoms with E-state index in [2.05, 4.69) is 22.8 Å². The Morgan fingerprint density at radius 1 is 1.19 bits per heavy atom. The van der Waals surface area contributed by atoms with Crippen LogP contribution in [0, 0.1) is 0 Å². The normalized spacial score (nSPS) is 8.44. The third-order valence-corrected chi connectivity index (χ3v) is 0.333. The zero-order chi connectivity index (χ0) is 12.0. The molecule has 1 fully saturated rings. The largest absolute Gasteiger partial charge is 0.481 e. The minimum atomic E-state index is -0.833. The van der Waals surface area contributed by atoms with Crippen molar-refractivity contribution in [1.29, 1.82) is 0 Å². The molecular weight excluding hydrogens is 216 g/mol. The van der Waals surface area contributed by atoms with Gasteiger partial charge in [-0.1, -0.05) is 14.9 Å². The molecule has 0 saturated carbocycles. The van der Waals surface area contributed by atoms with E-state index < -0.39 is 11.9 Å². The monoisotopic (exact) mass is 240 g/mol. The van der Waals surface area contributed by atoms with Gasteiger partial charge in [0.2, 0.25) is 0 Å². The summed E-state index contributed by atoms with van der Waals surface area (Å²) in [5.74, 6) is -1.52. The Labute approximate surface area is 97.4 Å². The Balaban J connectivity index is -0.0000000336. The van der Waals surface area contributed by atoms with Crippen molar-refractivity contribution in [2.24, 2.45) is 0 Å². The van der Waals surface area contributed by atoms with E-state index in [-0.39, 0.29) is 14.9 Å². The predicted octanol–water partition coefficient (Wildman–Crippen LogP) is 2.20. The number of carbonyl (C=O) groups is 2. The van der Waals surface area contributed by atoms with Gasteiger partial charge in [-0.3, -0.25) is 4.79 Å². The molecule has 0 aromatic carbocycles. The topological polar surface area (TPSA) is 96.4 Å². The van der Waals surface area contributed by atoms with Crippen molar-refractivity contribution in [3.8, 4) is 0 Å². The van der Waals surface area contributed by atoms with Gasteiger partial charge in [-0.05, 0) is 0 Å². The average molecular weight is 240 g/mol. The third kappa shape index (κ3) is 662. The summed E-state index contributed by atoms with van der Waals surface area (Å²) < 4.78 is 4.50. The maximum atomic E-state index is 9.34. The average Bonchev–Trinajstić information content (AvgIpc) is 2.93. The van der Waals surface area contributed by atoms with E-state index in [9.17, 15) is 4.79 Å². The van der Waals surface area contributed by atoms with E-state index in [1.165, 1.54) is 0 Å². The molecule has 16 heavy (non-hydrogen) atoms. The van der Waals surface area contributed by atoms with Gasteiger partial charge in [-0.2, -0.15) is 5.26 Å². The molecule has 1 rings (SSSR count). The van der Waals surface area contributed by atoms with Crippen LogP contribution >= 0.6 is 0 Å². The molecule has 0 aromatic heterocycles. The number of aliphatic carboxylic acids is 1. The molecule has 1 heterocycles. The number of carboxylic acids is 1. The summed E-state index contributed by atoms with van der Waals surface area (Å²) in [6, 6.07) is 0. The number of hydrogen-bond acceptors (Lipinski definition) is 5. The first-order valence-corrected chi connectivity index (χ1v) is 3.60. The fraction of sp³-hybridized carbons (Fsp3) is 0.600. The highest BCUT2D eigenvalue weighted by Crippen LogP contribution is 1.84. The first-order valence-electron chi connectivity index (χ1n) is 3.60. The number of hydrogen-bond donors (Lipinski definition) is 2. The first kappa shape index (κ1) is 29.3. The first-order chi connectivity index (χ1) is 6.50. The van der Waals surface area contributed by atoms with Crippen molar-refractivity contribution in [2.75, 3.05) is 13.2 Å². The summed E-state index contributed by atoms with van der Waals surface area (Å²) in [4.78, 5) is 21.5. The molecule has 0 radical (unpaired) electrons. The second-order valence-electron chi connectivity index (χ2n) is 1.71. The molecule has 0 amide bonds. The van der Waals surface area contributed by atoms with Gasteiger partial charge in [-0.25, -0.2) is 4.79 Å². The second kappa shape index (κ2) is 29.2. The Bertz CT molecular complexity index is 137. The number of ether oxygens (including phenoxy) is 1. The molecule has 6 heteroatoms. The van der Waals surface area contributed by atoms with E-state index in [1.54, 1.807) is 0 Å². The van der Waals surface area contributed by atoms with Crippen LogP contribution < -0.4 is 0 Å². The van der Waals surface area contributed by atoms with Crippen molar-refractivity contribution in [2.45, 2.75) is 28.7 Å². The van der Waals surface area contributed by atoms with Gasteiger partial charge in [0.1, 0.15) is 0 Å². The number of carboxylic acid groups (broad SMARTS) is 1. The zero-order valence-electron chi connectivity index (χ0n) is 8.36. The van der Waals surface area contributed by atoms with Gasteiger partial charge >= 0.3 is 5.97 Å². The van der Waals surface area contributed by atoms with Crippen molar-refractivity contribution in [1.82, 2.24) is 0 Å².